The maximum atomic E-state index is 6.02. The van der Waals surface area contributed by atoms with Crippen LogP contribution < -0.4 is 5.73 Å². The van der Waals surface area contributed by atoms with E-state index in [0.29, 0.717) is 6.54 Å². The monoisotopic (exact) mass is 263 g/mol. The highest BCUT2D eigenvalue weighted by molar-refractivity contribution is 5.00. The number of aromatic nitrogens is 6. The van der Waals surface area contributed by atoms with Crippen molar-refractivity contribution in [1.29, 1.82) is 0 Å². The fraction of sp³-hybridized carbons (Fsp3) is 0.667. The van der Waals surface area contributed by atoms with Crippen molar-refractivity contribution in [2.45, 2.75) is 52.2 Å². The van der Waals surface area contributed by atoms with E-state index in [4.69, 9.17) is 5.73 Å². The van der Waals surface area contributed by atoms with E-state index in [-0.39, 0.29) is 12.1 Å². The van der Waals surface area contributed by atoms with Crippen LogP contribution in [0.5, 0.6) is 0 Å². The normalized spacial score (nSPS) is 13.1. The first-order valence-electron chi connectivity index (χ1n) is 6.65. The molecule has 0 aliphatic rings. The van der Waals surface area contributed by atoms with Crippen molar-refractivity contribution in [2.75, 3.05) is 0 Å². The number of hydrogen-bond acceptors (Lipinski definition) is 5. The molecule has 7 nitrogen and oxygen atoms in total. The Labute approximate surface area is 112 Å². The highest BCUT2D eigenvalue weighted by atomic mass is 15.4. The number of nitrogens with two attached hydrogens (primary N) is 1. The molecule has 2 heterocycles. The summed E-state index contributed by atoms with van der Waals surface area (Å²) in [5.74, 6) is 0.871. The van der Waals surface area contributed by atoms with Crippen molar-refractivity contribution in [2.24, 2.45) is 5.73 Å². The van der Waals surface area contributed by atoms with Gasteiger partial charge in [0.25, 0.3) is 0 Å². The summed E-state index contributed by atoms with van der Waals surface area (Å²) < 4.78 is 3.64. The van der Waals surface area contributed by atoms with Gasteiger partial charge in [0, 0.05) is 6.04 Å². The average Bonchev–Trinajstić information content (AvgIpc) is 2.99. The van der Waals surface area contributed by atoms with E-state index in [0.717, 1.165) is 24.4 Å². The largest absolute Gasteiger partial charge is 0.323 e. The molecular formula is C12H21N7. The second-order valence-corrected chi connectivity index (χ2v) is 4.95. The summed E-state index contributed by atoms with van der Waals surface area (Å²) in [6.45, 7) is 6.81. The van der Waals surface area contributed by atoms with Crippen LogP contribution in [-0.2, 0) is 6.54 Å². The molecule has 2 rings (SSSR count). The maximum absolute atomic E-state index is 6.02. The second kappa shape index (κ2) is 5.92. The first-order chi connectivity index (χ1) is 9.11. The van der Waals surface area contributed by atoms with E-state index in [1.54, 1.807) is 11.0 Å². The Bertz CT molecular complexity index is 514. The summed E-state index contributed by atoms with van der Waals surface area (Å²) >= 11 is 0. The zero-order valence-corrected chi connectivity index (χ0v) is 11.7. The molecule has 0 fully saturated rings. The molecule has 0 spiro atoms. The van der Waals surface area contributed by atoms with Crippen molar-refractivity contribution >= 4 is 0 Å². The lowest BCUT2D eigenvalue weighted by molar-refractivity contribution is 0.485. The van der Waals surface area contributed by atoms with Gasteiger partial charge in [-0.1, -0.05) is 18.6 Å². The molecule has 0 aromatic carbocycles. The predicted molar refractivity (Wildman–Crippen MR) is 71.4 cm³/mol. The van der Waals surface area contributed by atoms with Crippen molar-refractivity contribution < 1.29 is 0 Å². The molecule has 0 amide bonds. The van der Waals surface area contributed by atoms with Gasteiger partial charge in [-0.2, -0.15) is 5.10 Å². The van der Waals surface area contributed by atoms with E-state index in [9.17, 15) is 0 Å². The van der Waals surface area contributed by atoms with Gasteiger partial charge in [0.05, 0.1) is 17.9 Å². The van der Waals surface area contributed by atoms with Crippen molar-refractivity contribution in [3.8, 4) is 0 Å². The van der Waals surface area contributed by atoms with Crippen LogP contribution >= 0.6 is 0 Å². The Balaban J connectivity index is 2.09. The minimum absolute atomic E-state index is 0.0401. The van der Waals surface area contributed by atoms with Gasteiger partial charge in [-0.3, -0.25) is 0 Å². The zero-order chi connectivity index (χ0) is 13.8. The minimum Gasteiger partial charge on any atom is -0.323 e. The third kappa shape index (κ3) is 3.17. The van der Waals surface area contributed by atoms with Crippen molar-refractivity contribution in [1.82, 2.24) is 29.8 Å². The molecule has 2 aromatic rings. The lowest BCUT2D eigenvalue weighted by Gasteiger charge is -2.08. The number of hydrogen-bond donors (Lipinski definition) is 1. The first kappa shape index (κ1) is 13.7. The van der Waals surface area contributed by atoms with Crippen LogP contribution in [0.2, 0.25) is 0 Å². The summed E-state index contributed by atoms with van der Waals surface area (Å²) in [5, 5.41) is 12.4. The third-order valence-corrected chi connectivity index (χ3v) is 2.98. The van der Waals surface area contributed by atoms with Gasteiger partial charge < -0.3 is 5.73 Å². The van der Waals surface area contributed by atoms with Gasteiger partial charge in [-0.05, 0) is 20.3 Å². The molecule has 104 valence electrons. The van der Waals surface area contributed by atoms with Crippen LogP contribution in [0.1, 0.15) is 57.2 Å². The van der Waals surface area contributed by atoms with E-state index in [1.807, 2.05) is 10.9 Å². The Hall–Kier alpha value is -1.76. The van der Waals surface area contributed by atoms with Gasteiger partial charge in [-0.25, -0.2) is 14.3 Å². The van der Waals surface area contributed by atoms with Gasteiger partial charge >= 0.3 is 0 Å². The van der Waals surface area contributed by atoms with Crippen molar-refractivity contribution in [3.63, 3.8) is 0 Å². The van der Waals surface area contributed by atoms with Gasteiger partial charge in [-0.15, -0.1) is 5.10 Å². The minimum atomic E-state index is -0.0401. The van der Waals surface area contributed by atoms with Crippen LogP contribution in [-0.4, -0.2) is 29.8 Å². The van der Waals surface area contributed by atoms with Crippen LogP contribution in [0.25, 0.3) is 0 Å². The van der Waals surface area contributed by atoms with Gasteiger partial charge in [0.15, 0.2) is 0 Å². The van der Waals surface area contributed by atoms with E-state index >= 15 is 0 Å². The van der Waals surface area contributed by atoms with Crippen LogP contribution in [0.15, 0.2) is 12.5 Å². The van der Waals surface area contributed by atoms with Crippen LogP contribution in [0.4, 0.5) is 0 Å². The number of rotatable bonds is 6. The highest BCUT2D eigenvalue weighted by Crippen LogP contribution is 2.13. The molecule has 0 bridgehead atoms. The smallest absolute Gasteiger partial charge is 0.148 e. The van der Waals surface area contributed by atoms with E-state index < -0.39 is 0 Å². The average molecular weight is 263 g/mol. The predicted octanol–water partition coefficient (Wildman–Crippen LogP) is 1.30. The molecule has 0 aliphatic carbocycles. The highest BCUT2D eigenvalue weighted by Gasteiger charge is 2.12. The van der Waals surface area contributed by atoms with Crippen LogP contribution in [0, 0.1) is 0 Å². The maximum Gasteiger partial charge on any atom is 0.148 e. The molecule has 19 heavy (non-hydrogen) atoms. The Morgan fingerprint density at radius 3 is 2.84 bits per heavy atom. The Morgan fingerprint density at radius 2 is 2.16 bits per heavy atom. The lowest BCUT2D eigenvalue weighted by atomic mass is 10.1. The molecule has 2 aromatic heterocycles. The van der Waals surface area contributed by atoms with Crippen LogP contribution in [0.3, 0.4) is 0 Å². The summed E-state index contributed by atoms with van der Waals surface area (Å²) in [4.78, 5) is 4.26. The SMILES string of the molecule is CCCC(N)c1cn(Cc2ncnn2C(C)C)nn1. The molecule has 0 radical (unpaired) electrons. The summed E-state index contributed by atoms with van der Waals surface area (Å²) in [6.07, 6.45) is 5.41. The molecule has 0 aliphatic heterocycles. The zero-order valence-electron chi connectivity index (χ0n) is 11.7. The fourth-order valence-corrected chi connectivity index (χ4v) is 1.98. The second-order valence-electron chi connectivity index (χ2n) is 4.95. The third-order valence-electron chi connectivity index (χ3n) is 2.98. The molecule has 7 heteroatoms. The topological polar surface area (TPSA) is 87.4 Å². The van der Waals surface area contributed by atoms with E-state index in [2.05, 4.69) is 41.2 Å². The molecule has 0 saturated carbocycles. The molecule has 0 saturated heterocycles. The lowest BCUT2D eigenvalue weighted by Crippen LogP contribution is -2.12. The fourth-order valence-electron chi connectivity index (χ4n) is 1.98. The Kier molecular flexibility index (Phi) is 4.26. The molecule has 1 atom stereocenters. The molecule has 2 N–H and O–H groups in total. The van der Waals surface area contributed by atoms with Gasteiger partial charge in [0.2, 0.25) is 0 Å². The summed E-state index contributed by atoms with van der Waals surface area (Å²) in [6, 6.07) is 0.240. The summed E-state index contributed by atoms with van der Waals surface area (Å²) in [5.41, 5.74) is 6.85. The molecule has 1 unspecified atom stereocenters. The Morgan fingerprint density at radius 1 is 1.37 bits per heavy atom. The quantitative estimate of drug-likeness (QED) is 0.848. The first-order valence-corrected chi connectivity index (χ1v) is 6.65. The standard InChI is InChI=1S/C12H21N7/c1-4-5-10(13)11-6-18(17-16-11)7-12-14-8-15-19(12)9(2)3/h6,8-10H,4-5,7,13H2,1-3H3. The van der Waals surface area contributed by atoms with E-state index in [1.165, 1.54) is 0 Å². The van der Waals surface area contributed by atoms with Crippen molar-refractivity contribution in [3.05, 3.63) is 24.0 Å². The summed E-state index contributed by atoms with van der Waals surface area (Å²) in [7, 11) is 0. The molecular weight excluding hydrogens is 242 g/mol. The number of nitrogens with zero attached hydrogens (tertiary/aromatic N) is 6. The van der Waals surface area contributed by atoms with Gasteiger partial charge in [0.1, 0.15) is 18.7 Å².